The Hall–Kier alpha value is -2.89. The minimum absolute atomic E-state index is 0.146. The first-order valence-corrected chi connectivity index (χ1v) is 14.1. The first-order chi connectivity index (χ1) is 17.5. The monoisotopic (exact) mass is 555 g/mol. The van der Waals surface area contributed by atoms with Crippen LogP contribution in [0, 0.1) is 0 Å². The molecule has 12 heteroatoms. The average molecular weight is 556 g/mol. The van der Waals surface area contributed by atoms with Crippen LogP contribution in [0.15, 0.2) is 39.4 Å². The second-order valence-corrected chi connectivity index (χ2v) is 10.6. The van der Waals surface area contributed by atoms with Gasteiger partial charge < -0.3 is 20.6 Å². The van der Waals surface area contributed by atoms with Crippen molar-refractivity contribution in [1.82, 2.24) is 5.32 Å². The third-order valence-corrected chi connectivity index (χ3v) is 6.85. The van der Waals surface area contributed by atoms with E-state index in [-0.39, 0.29) is 11.3 Å². The van der Waals surface area contributed by atoms with Crippen LogP contribution in [0.1, 0.15) is 81.5 Å². The van der Waals surface area contributed by atoms with Crippen LogP contribution in [0.4, 0.5) is 11.4 Å². The molecule has 2 rings (SSSR count). The zero-order valence-electron chi connectivity index (χ0n) is 20.8. The number of amides is 1. The van der Waals surface area contributed by atoms with Gasteiger partial charge in [0.15, 0.2) is 5.75 Å². The van der Waals surface area contributed by atoms with Crippen molar-refractivity contribution in [2.75, 3.05) is 6.54 Å². The molecule has 0 saturated heterocycles. The van der Waals surface area contributed by atoms with Crippen molar-refractivity contribution in [3.8, 4) is 17.2 Å². The molecule has 0 aliphatic heterocycles. The van der Waals surface area contributed by atoms with E-state index in [9.17, 15) is 33.1 Å². The summed E-state index contributed by atoms with van der Waals surface area (Å²) in [5.41, 5.74) is -0.776. The van der Waals surface area contributed by atoms with E-state index in [2.05, 4.69) is 22.5 Å². The Morgan fingerprint density at radius 3 is 2.00 bits per heavy atom. The lowest BCUT2D eigenvalue weighted by Crippen LogP contribution is -2.24. The van der Waals surface area contributed by atoms with Crippen molar-refractivity contribution in [3.05, 3.63) is 34.9 Å². The summed E-state index contributed by atoms with van der Waals surface area (Å²) in [6, 6.07) is 3.69. The fraction of sp³-hybridized carbons (Fsp3) is 0.480. The van der Waals surface area contributed by atoms with Gasteiger partial charge in [0.1, 0.15) is 22.9 Å². The highest BCUT2D eigenvalue weighted by molar-refractivity contribution is 7.85. The summed E-state index contributed by atoms with van der Waals surface area (Å²) in [6.07, 6.45) is 11.6. The molecule has 0 aromatic heterocycles. The molecule has 0 aliphatic carbocycles. The number of halogens is 1. The number of nitrogens with one attached hydrogen (secondary N) is 1. The molecule has 0 fully saturated rings. The molecule has 37 heavy (non-hydrogen) atoms. The van der Waals surface area contributed by atoms with Gasteiger partial charge in [-0.2, -0.15) is 8.42 Å². The van der Waals surface area contributed by atoms with Crippen molar-refractivity contribution in [3.63, 3.8) is 0 Å². The van der Waals surface area contributed by atoms with E-state index in [1.165, 1.54) is 44.9 Å². The predicted octanol–water partition coefficient (Wildman–Crippen LogP) is 6.77. The maximum Gasteiger partial charge on any atom is 0.294 e. The van der Waals surface area contributed by atoms with Crippen LogP contribution in [-0.4, -0.2) is 40.7 Å². The Morgan fingerprint density at radius 1 is 0.838 bits per heavy atom. The molecule has 0 saturated carbocycles. The lowest BCUT2D eigenvalue weighted by Gasteiger charge is -2.09. The van der Waals surface area contributed by atoms with Crippen LogP contribution in [0.5, 0.6) is 17.2 Å². The molecule has 0 atom stereocenters. The molecule has 0 heterocycles. The largest absolute Gasteiger partial charge is 0.507 e. The van der Waals surface area contributed by atoms with Gasteiger partial charge in [-0.3, -0.25) is 9.35 Å². The van der Waals surface area contributed by atoms with E-state index in [1.807, 2.05) is 0 Å². The van der Waals surface area contributed by atoms with Crippen LogP contribution in [0.2, 0.25) is 5.02 Å². The fourth-order valence-electron chi connectivity index (χ4n) is 3.63. The maximum atomic E-state index is 12.5. The summed E-state index contributed by atoms with van der Waals surface area (Å²) in [4.78, 5) is 11.9. The Kier molecular flexibility index (Phi) is 12.1. The number of phenols is 3. The van der Waals surface area contributed by atoms with Gasteiger partial charge >= 0.3 is 0 Å². The topological polar surface area (TPSA) is 169 Å². The van der Waals surface area contributed by atoms with Gasteiger partial charge in [-0.25, -0.2) is 0 Å². The first-order valence-electron chi connectivity index (χ1n) is 12.3. The summed E-state index contributed by atoms with van der Waals surface area (Å²) in [6.45, 7) is 2.62. The molecule has 2 aromatic rings. The van der Waals surface area contributed by atoms with Gasteiger partial charge in [0.05, 0.1) is 15.5 Å². The van der Waals surface area contributed by atoms with Gasteiger partial charge in [0.2, 0.25) is 0 Å². The number of nitrogens with zero attached hydrogens (tertiary/aromatic N) is 2. The van der Waals surface area contributed by atoms with E-state index >= 15 is 0 Å². The molecule has 0 unspecified atom stereocenters. The average Bonchev–Trinajstić information content (AvgIpc) is 2.83. The van der Waals surface area contributed by atoms with Crippen molar-refractivity contribution in [1.29, 1.82) is 0 Å². The van der Waals surface area contributed by atoms with E-state index in [0.29, 0.717) is 6.54 Å². The number of aromatic hydroxyl groups is 3. The number of hydrogen-bond donors (Lipinski definition) is 5. The summed E-state index contributed by atoms with van der Waals surface area (Å²) < 4.78 is 32.0. The number of unbranched alkanes of at least 4 members (excludes halogenated alkanes) is 9. The maximum absolute atomic E-state index is 12.5. The van der Waals surface area contributed by atoms with Crippen LogP contribution in [0.3, 0.4) is 0 Å². The van der Waals surface area contributed by atoms with E-state index in [4.69, 9.17) is 11.6 Å². The van der Waals surface area contributed by atoms with Gasteiger partial charge in [0, 0.05) is 12.6 Å². The normalized spacial score (nSPS) is 11.8. The molecule has 0 spiro atoms. The molecule has 0 bridgehead atoms. The number of phenolic OH excluding ortho intramolecular Hbond substituents is 3. The van der Waals surface area contributed by atoms with Crippen LogP contribution in [-0.2, 0) is 10.1 Å². The summed E-state index contributed by atoms with van der Waals surface area (Å²) in [7, 11) is -4.63. The minimum Gasteiger partial charge on any atom is -0.507 e. The highest BCUT2D eigenvalue weighted by atomic mass is 35.5. The number of rotatable bonds is 15. The number of hydrogen-bond acceptors (Lipinski definition) is 8. The van der Waals surface area contributed by atoms with Crippen molar-refractivity contribution >= 4 is 39.0 Å². The second kappa shape index (κ2) is 14.7. The molecule has 0 radical (unpaired) electrons. The van der Waals surface area contributed by atoms with Crippen molar-refractivity contribution in [2.24, 2.45) is 10.2 Å². The SMILES string of the molecule is CCCCCCCCCCCCNC(=O)c1cc(N=Nc2cc(S(=O)(=O)O)cc(Cl)c2O)c(O)cc1O. The summed E-state index contributed by atoms with van der Waals surface area (Å²) >= 11 is 5.78. The number of carbonyl (C=O) groups excluding carboxylic acids is 1. The molecule has 5 N–H and O–H groups in total. The Balaban J connectivity index is 1.96. The molecule has 2 aromatic carbocycles. The molecule has 1 amide bonds. The third-order valence-electron chi connectivity index (χ3n) is 5.73. The fourth-order valence-corrected chi connectivity index (χ4v) is 4.44. The highest BCUT2D eigenvalue weighted by Crippen LogP contribution is 2.39. The molecular weight excluding hydrogens is 522 g/mol. The minimum atomic E-state index is -4.63. The number of benzene rings is 2. The lowest BCUT2D eigenvalue weighted by molar-refractivity contribution is 0.0950. The van der Waals surface area contributed by atoms with Crippen molar-refractivity contribution in [2.45, 2.75) is 76.0 Å². The molecule has 204 valence electrons. The summed E-state index contributed by atoms with van der Waals surface area (Å²) in [5, 5.41) is 40.0. The Bertz CT molecular complexity index is 1200. The summed E-state index contributed by atoms with van der Waals surface area (Å²) in [5.74, 6) is -2.14. The van der Waals surface area contributed by atoms with Crippen LogP contribution < -0.4 is 5.32 Å². The van der Waals surface area contributed by atoms with Crippen molar-refractivity contribution < 1.29 is 33.1 Å². The third kappa shape index (κ3) is 9.83. The quantitative estimate of drug-likeness (QED) is 0.0916. The zero-order chi connectivity index (χ0) is 27.4. The van der Waals surface area contributed by atoms with Gasteiger partial charge in [-0.1, -0.05) is 76.3 Å². The molecular formula is C25H34ClN3O7S. The Labute approximate surface area is 222 Å². The van der Waals surface area contributed by atoms with Crippen LogP contribution in [0.25, 0.3) is 0 Å². The Morgan fingerprint density at radius 2 is 1.41 bits per heavy atom. The van der Waals surface area contributed by atoms with Gasteiger partial charge in [-0.15, -0.1) is 10.2 Å². The lowest BCUT2D eigenvalue weighted by atomic mass is 10.1. The highest BCUT2D eigenvalue weighted by Gasteiger charge is 2.18. The number of azo groups is 1. The van der Waals surface area contributed by atoms with E-state index in [0.717, 1.165) is 43.5 Å². The van der Waals surface area contributed by atoms with E-state index < -0.39 is 48.9 Å². The van der Waals surface area contributed by atoms with Gasteiger partial charge in [0.25, 0.3) is 16.0 Å². The standard InChI is InChI=1S/C25H34ClN3O7S/c1-2-3-4-5-6-7-8-9-10-11-12-27-25(33)18-15-20(23(31)16-22(18)30)28-29-21-14-17(37(34,35)36)13-19(26)24(21)32/h13-16,30-32H,2-12H2,1H3,(H,27,33)(H,34,35,36). The first kappa shape index (κ1) is 30.3. The molecule has 10 nitrogen and oxygen atoms in total. The molecule has 0 aliphatic rings. The smallest absolute Gasteiger partial charge is 0.294 e. The van der Waals surface area contributed by atoms with Gasteiger partial charge in [-0.05, 0) is 24.6 Å². The van der Waals surface area contributed by atoms with E-state index in [1.54, 1.807) is 0 Å². The second-order valence-electron chi connectivity index (χ2n) is 8.74. The number of carbonyl (C=O) groups is 1. The zero-order valence-corrected chi connectivity index (χ0v) is 22.4. The van der Waals surface area contributed by atoms with Crippen LogP contribution >= 0.6 is 11.6 Å². The predicted molar refractivity (Wildman–Crippen MR) is 141 cm³/mol.